The Morgan fingerprint density at radius 3 is 2.24 bits per heavy atom. The number of aryl methyl sites for hydroxylation is 1. The molecule has 0 fully saturated rings. The van der Waals surface area contributed by atoms with E-state index in [0.717, 1.165) is 19.3 Å². The van der Waals surface area contributed by atoms with E-state index in [2.05, 4.69) is 12.2 Å². The van der Waals surface area contributed by atoms with E-state index in [0.29, 0.717) is 34.0 Å². The van der Waals surface area contributed by atoms with Gasteiger partial charge in [-0.1, -0.05) is 55.8 Å². The first-order valence-corrected chi connectivity index (χ1v) is 11.3. The number of nitrogens with zero attached hydrogens (tertiary/aromatic N) is 1. The zero-order valence-corrected chi connectivity index (χ0v) is 19.6. The molecular weight excluding hydrogens is 428 g/mol. The van der Waals surface area contributed by atoms with Crippen molar-refractivity contribution in [2.45, 2.75) is 26.2 Å². The minimum atomic E-state index is -0.421. The van der Waals surface area contributed by atoms with Crippen molar-refractivity contribution in [2.75, 3.05) is 24.4 Å². The second-order valence-corrected chi connectivity index (χ2v) is 8.02. The Bertz CT molecular complexity index is 1220. The largest absolute Gasteiger partial charge is 0.497 e. The average molecular weight is 457 g/mol. The fourth-order valence-electron chi connectivity index (χ4n) is 3.99. The molecule has 2 amide bonds. The number of nitrogens with one attached hydrogen (secondary N) is 1. The summed E-state index contributed by atoms with van der Waals surface area (Å²) in [6.45, 7) is 2.15. The topological polar surface area (TPSA) is 67.9 Å². The summed E-state index contributed by atoms with van der Waals surface area (Å²) < 4.78 is 10.8. The van der Waals surface area contributed by atoms with Crippen LogP contribution in [0.15, 0.2) is 78.5 Å². The summed E-state index contributed by atoms with van der Waals surface area (Å²) in [6, 6.07) is 22.1. The highest BCUT2D eigenvalue weighted by atomic mass is 16.5. The highest BCUT2D eigenvalue weighted by Crippen LogP contribution is 2.37. The molecule has 1 aliphatic rings. The van der Waals surface area contributed by atoms with Crippen LogP contribution in [0.5, 0.6) is 11.5 Å². The fourth-order valence-corrected chi connectivity index (χ4v) is 3.99. The molecule has 0 aromatic heterocycles. The molecule has 0 atom stereocenters. The van der Waals surface area contributed by atoms with Crippen LogP contribution in [-0.2, 0) is 16.0 Å². The van der Waals surface area contributed by atoms with Gasteiger partial charge in [0.2, 0.25) is 0 Å². The third kappa shape index (κ3) is 4.53. The van der Waals surface area contributed by atoms with Crippen molar-refractivity contribution >= 4 is 28.8 Å². The van der Waals surface area contributed by atoms with Crippen molar-refractivity contribution in [1.82, 2.24) is 0 Å². The van der Waals surface area contributed by atoms with Crippen LogP contribution < -0.4 is 19.7 Å². The molecule has 0 saturated heterocycles. The number of unbranched alkanes of at least 4 members (excludes halogenated alkanes) is 1. The number of ether oxygens (including phenoxy) is 2. The number of hydrogen-bond acceptors (Lipinski definition) is 5. The zero-order valence-electron chi connectivity index (χ0n) is 19.6. The van der Waals surface area contributed by atoms with Crippen molar-refractivity contribution < 1.29 is 19.1 Å². The maximum atomic E-state index is 13.6. The van der Waals surface area contributed by atoms with Crippen LogP contribution in [0.4, 0.5) is 11.4 Å². The smallest absolute Gasteiger partial charge is 0.282 e. The monoisotopic (exact) mass is 456 g/mol. The Morgan fingerprint density at radius 2 is 1.59 bits per heavy atom. The van der Waals surface area contributed by atoms with E-state index in [1.54, 1.807) is 32.4 Å². The fraction of sp³-hybridized carbons (Fsp3) is 0.214. The number of benzene rings is 3. The van der Waals surface area contributed by atoms with Crippen molar-refractivity contribution in [3.8, 4) is 11.5 Å². The van der Waals surface area contributed by atoms with Gasteiger partial charge in [0.25, 0.3) is 11.8 Å². The minimum absolute atomic E-state index is 0.192. The van der Waals surface area contributed by atoms with Crippen LogP contribution in [0.2, 0.25) is 0 Å². The lowest BCUT2D eigenvalue weighted by molar-refractivity contribution is -0.120. The van der Waals surface area contributed by atoms with E-state index in [-0.39, 0.29) is 11.6 Å². The minimum Gasteiger partial charge on any atom is -0.497 e. The van der Waals surface area contributed by atoms with Crippen LogP contribution in [0.3, 0.4) is 0 Å². The first-order chi connectivity index (χ1) is 16.6. The lowest BCUT2D eigenvalue weighted by Gasteiger charge is -2.17. The Morgan fingerprint density at radius 1 is 0.853 bits per heavy atom. The lowest BCUT2D eigenvalue weighted by atomic mass is 10.0. The summed E-state index contributed by atoms with van der Waals surface area (Å²) in [7, 11) is 3.11. The highest BCUT2D eigenvalue weighted by Gasteiger charge is 2.40. The molecule has 6 heteroatoms. The number of carbonyl (C=O) groups is 2. The maximum Gasteiger partial charge on any atom is 0.282 e. The number of hydrogen-bond donors (Lipinski definition) is 1. The Balaban J connectivity index is 1.75. The van der Waals surface area contributed by atoms with Gasteiger partial charge in [-0.15, -0.1) is 0 Å². The van der Waals surface area contributed by atoms with Gasteiger partial charge in [0, 0.05) is 6.07 Å². The van der Waals surface area contributed by atoms with Crippen LogP contribution in [0, 0.1) is 0 Å². The third-order valence-electron chi connectivity index (χ3n) is 5.83. The van der Waals surface area contributed by atoms with E-state index >= 15 is 0 Å². The van der Waals surface area contributed by atoms with Crippen molar-refractivity contribution in [2.24, 2.45) is 0 Å². The second-order valence-electron chi connectivity index (χ2n) is 8.02. The molecular formula is C28H28N2O4. The highest BCUT2D eigenvalue weighted by molar-refractivity contribution is 6.46. The number of carbonyl (C=O) groups excluding carboxylic acids is 2. The molecule has 0 bridgehead atoms. The molecule has 1 heterocycles. The van der Waals surface area contributed by atoms with E-state index in [1.807, 2.05) is 54.6 Å². The molecule has 1 N–H and O–H groups in total. The van der Waals surface area contributed by atoms with Gasteiger partial charge in [0.05, 0.1) is 31.2 Å². The number of imide groups is 1. The quantitative estimate of drug-likeness (QED) is 0.434. The van der Waals surface area contributed by atoms with Crippen LogP contribution in [-0.4, -0.2) is 26.0 Å². The SMILES string of the molecule is CCCCc1ccc(N2C(=O)C(Nc3cc(OC)ccc3OC)=C(c3ccccc3)C2=O)cc1. The Kier molecular flexibility index (Phi) is 6.97. The van der Waals surface area contributed by atoms with E-state index in [1.165, 1.54) is 10.5 Å². The van der Waals surface area contributed by atoms with Crippen LogP contribution in [0.1, 0.15) is 30.9 Å². The van der Waals surface area contributed by atoms with Gasteiger partial charge in [0.1, 0.15) is 17.2 Å². The normalized spacial score (nSPS) is 13.4. The van der Waals surface area contributed by atoms with Gasteiger partial charge in [-0.25, -0.2) is 4.90 Å². The predicted molar refractivity (Wildman–Crippen MR) is 134 cm³/mol. The first kappa shape index (κ1) is 23.1. The summed E-state index contributed by atoms with van der Waals surface area (Å²) in [5, 5.41) is 3.17. The number of methoxy groups -OCH3 is 2. The summed E-state index contributed by atoms with van der Waals surface area (Å²) >= 11 is 0. The van der Waals surface area contributed by atoms with E-state index < -0.39 is 5.91 Å². The lowest BCUT2D eigenvalue weighted by Crippen LogP contribution is -2.32. The zero-order chi connectivity index (χ0) is 24.1. The van der Waals surface area contributed by atoms with Gasteiger partial charge in [0.15, 0.2) is 0 Å². The molecule has 4 rings (SSSR count). The Labute approximate surface area is 199 Å². The molecule has 3 aromatic carbocycles. The van der Waals surface area contributed by atoms with Crippen LogP contribution in [0.25, 0.3) is 5.57 Å². The maximum absolute atomic E-state index is 13.6. The predicted octanol–water partition coefficient (Wildman–Crippen LogP) is 5.44. The average Bonchev–Trinajstić information content (AvgIpc) is 3.12. The second kappa shape index (κ2) is 10.3. The summed E-state index contributed by atoms with van der Waals surface area (Å²) in [5.74, 6) is 0.332. The Hall–Kier alpha value is -4.06. The van der Waals surface area contributed by atoms with Crippen molar-refractivity contribution in [3.63, 3.8) is 0 Å². The number of amides is 2. The molecule has 0 saturated carbocycles. The van der Waals surface area contributed by atoms with E-state index in [9.17, 15) is 9.59 Å². The van der Waals surface area contributed by atoms with Gasteiger partial charge in [-0.2, -0.15) is 0 Å². The van der Waals surface area contributed by atoms with E-state index in [4.69, 9.17) is 9.47 Å². The molecule has 0 unspecified atom stereocenters. The molecule has 0 aliphatic carbocycles. The summed E-state index contributed by atoms with van der Waals surface area (Å²) in [6.07, 6.45) is 3.17. The van der Waals surface area contributed by atoms with Gasteiger partial charge < -0.3 is 14.8 Å². The van der Waals surface area contributed by atoms with Crippen LogP contribution >= 0.6 is 0 Å². The van der Waals surface area contributed by atoms with Crippen molar-refractivity contribution in [3.05, 3.63) is 89.6 Å². The van der Waals surface area contributed by atoms with Crippen molar-refractivity contribution in [1.29, 1.82) is 0 Å². The molecule has 1 aliphatic heterocycles. The number of anilines is 2. The number of rotatable bonds is 9. The molecule has 34 heavy (non-hydrogen) atoms. The summed E-state index contributed by atoms with van der Waals surface area (Å²) in [5.41, 5.74) is 3.41. The first-order valence-electron chi connectivity index (χ1n) is 11.3. The standard InChI is InChI=1S/C28H28N2O4/c1-4-5-9-19-12-14-21(15-13-19)30-27(31)25(20-10-7-6-8-11-20)26(28(30)32)29-23-18-22(33-2)16-17-24(23)34-3/h6-8,10-18,29H,4-5,9H2,1-3H3. The molecule has 0 spiro atoms. The van der Waals surface area contributed by atoms with Gasteiger partial charge >= 0.3 is 0 Å². The molecule has 174 valence electrons. The summed E-state index contributed by atoms with van der Waals surface area (Å²) in [4.78, 5) is 28.5. The molecule has 0 radical (unpaired) electrons. The van der Waals surface area contributed by atoms with Gasteiger partial charge in [-0.05, 0) is 48.2 Å². The molecule has 6 nitrogen and oxygen atoms in total. The van der Waals surface area contributed by atoms with Gasteiger partial charge in [-0.3, -0.25) is 9.59 Å². The third-order valence-corrected chi connectivity index (χ3v) is 5.83. The molecule has 3 aromatic rings.